The zero-order valence-electron chi connectivity index (χ0n) is 37.8. The molecule has 1 spiro atoms. The fraction of sp³-hybridized carbons (Fsp3) is 0.714. The summed E-state index contributed by atoms with van der Waals surface area (Å²) in [7, 11) is 2.00. The third-order valence-corrected chi connectivity index (χ3v) is 12.5. The van der Waals surface area contributed by atoms with Gasteiger partial charge in [-0.15, -0.1) is 0 Å². The highest BCUT2D eigenvalue weighted by Gasteiger charge is 2.72. The number of hydrogen-bond donors (Lipinski definition) is 1. The fourth-order valence-electron chi connectivity index (χ4n) is 9.66. The molecule has 0 radical (unpaired) electrons. The summed E-state index contributed by atoms with van der Waals surface area (Å²) in [5.74, 6) is -1.82. The third kappa shape index (κ3) is 11.6. The van der Waals surface area contributed by atoms with Crippen molar-refractivity contribution in [1.82, 2.24) is 4.90 Å². The highest BCUT2D eigenvalue weighted by molar-refractivity contribution is 5.88. The molecule has 5 atom stereocenters. The number of carbonyl (C=O) groups excluding carboxylic acids is 4. The Balaban J connectivity index is 1.23. The molecule has 1 fully saturated rings. The van der Waals surface area contributed by atoms with Gasteiger partial charge in [-0.2, -0.15) is 0 Å². The number of allylic oxidation sites excluding steroid dienone is 2. The van der Waals surface area contributed by atoms with Crippen LogP contribution < -0.4 is 9.47 Å². The van der Waals surface area contributed by atoms with E-state index in [2.05, 4.69) is 24.0 Å². The van der Waals surface area contributed by atoms with Crippen LogP contribution in [0, 0.1) is 5.92 Å². The van der Waals surface area contributed by atoms with Crippen LogP contribution in [-0.2, 0) is 40.4 Å². The van der Waals surface area contributed by atoms with E-state index >= 15 is 0 Å². The van der Waals surface area contributed by atoms with Crippen LogP contribution in [0.25, 0.3) is 0 Å². The van der Waals surface area contributed by atoms with E-state index in [4.69, 9.17) is 23.7 Å². The minimum Gasteiger partial charge on any atom is -0.477 e. The average Bonchev–Trinajstić information content (AvgIpc) is 3.51. The number of piperidine rings is 1. The highest BCUT2D eigenvalue weighted by Crippen LogP contribution is 2.65. The summed E-state index contributed by atoms with van der Waals surface area (Å²) >= 11 is 0. The summed E-state index contributed by atoms with van der Waals surface area (Å²) in [6.07, 6.45) is 20.6. The molecule has 5 rings (SSSR count). The maximum atomic E-state index is 14.2. The molecule has 1 saturated heterocycles. The van der Waals surface area contributed by atoms with E-state index in [9.17, 15) is 24.3 Å². The topological polar surface area (TPSA) is 138 Å². The molecule has 11 heteroatoms. The number of hydrogen-bond acceptors (Lipinski definition) is 11. The number of carbonyl (C=O) groups is 4. The first-order valence-electron chi connectivity index (χ1n) is 22.8. The van der Waals surface area contributed by atoms with Crippen molar-refractivity contribution in [2.75, 3.05) is 13.6 Å². The van der Waals surface area contributed by atoms with Crippen LogP contribution in [0.15, 0.2) is 36.1 Å². The molecule has 2 aliphatic carbocycles. The normalized spacial score (nSPS) is 23.6. The van der Waals surface area contributed by atoms with E-state index in [0.29, 0.717) is 38.0 Å². The molecule has 2 heterocycles. The number of ketones is 1. The number of nitrogens with zero attached hydrogens (tertiary/aromatic N) is 1. The molecule has 2 aliphatic heterocycles. The Bertz CT molecular complexity index is 1740. The van der Waals surface area contributed by atoms with Crippen LogP contribution in [0.4, 0.5) is 4.79 Å². The summed E-state index contributed by atoms with van der Waals surface area (Å²) in [4.78, 5) is 55.7. The van der Waals surface area contributed by atoms with Crippen LogP contribution in [-0.4, -0.2) is 76.4 Å². The van der Waals surface area contributed by atoms with Gasteiger partial charge in [-0.05, 0) is 118 Å². The molecule has 1 aromatic carbocycles. The van der Waals surface area contributed by atoms with Gasteiger partial charge in [-0.25, -0.2) is 4.79 Å². The Kier molecular flexibility index (Phi) is 16.1. The summed E-state index contributed by atoms with van der Waals surface area (Å²) < 4.78 is 29.6. The predicted molar refractivity (Wildman–Crippen MR) is 231 cm³/mol. The van der Waals surface area contributed by atoms with Crippen molar-refractivity contribution < 1.29 is 48.0 Å². The lowest BCUT2D eigenvalue weighted by molar-refractivity contribution is -0.172. The zero-order chi connectivity index (χ0) is 43.7. The predicted octanol–water partition coefficient (Wildman–Crippen LogP) is 10.2. The van der Waals surface area contributed by atoms with Gasteiger partial charge in [0.15, 0.2) is 17.6 Å². The quantitative estimate of drug-likeness (QED) is 0.0393. The van der Waals surface area contributed by atoms with Gasteiger partial charge < -0.3 is 33.7 Å². The van der Waals surface area contributed by atoms with Gasteiger partial charge in [0.25, 0.3) is 0 Å². The number of likely N-dealkylation sites (N-methyl/N-ethyl adjacent to an activating group) is 1. The van der Waals surface area contributed by atoms with Crippen molar-refractivity contribution in [3.8, 4) is 11.5 Å². The Labute approximate surface area is 358 Å². The second-order valence-corrected chi connectivity index (χ2v) is 19.6. The van der Waals surface area contributed by atoms with Gasteiger partial charge in [-0.1, -0.05) is 76.5 Å². The molecular formula is C49H73NO10. The van der Waals surface area contributed by atoms with E-state index < -0.39 is 52.3 Å². The first kappa shape index (κ1) is 47.4. The molecule has 1 unspecified atom stereocenters. The maximum Gasteiger partial charge on any atom is 0.514 e. The average molecular weight is 836 g/mol. The van der Waals surface area contributed by atoms with Crippen molar-refractivity contribution in [3.63, 3.8) is 0 Å². The van der Waals surface area contributed by atoms with Crippen LogP contribution in [0.5, 0.6) is 11.5 Å². The number of benzene rings is 1. The molecule has 0 amide bonds. The first-order chi connectivity index (χ1) is 28.4. The summed E-state index contributed by atoms with van der Waals surface area (Å²) in [5.41, 5.74) is -2.14. The van der Waals surface area contributed by atoms with E-state index in [1.807, 2.05) is 13.1 Å². The summed E-state index contributed by atoms with van der Waals surface area (Å²) in [5, 5.41) is 12.7. The van der Waals surface area contributed by atoms with E-state index in [1.165, 1.54) is 38.5 Å². The molecular weight excluding hydrogens is 763 g/mol. The molecule has 11 nitrogen and oxygen atoms in total. The lowest BCUT2D eigenvalue weighted by atomic mass is 9.50. The van der Waals surface area contributed by atoms with Crippen LogP contribution in [0.1, 0.15) is 175 Å². The molecule has 0 saturated carbocycles. The lowest BCUT2D eigenvalue weighted by Crippen LogP contribution is -2.74. The number of Topliss-reactive ketones (excluding diaryl/α,β-unsaturated/α-hetero) is 1. The number of aliphatic hydroxyl groups is 1. The molecule has 60 heavy (non-hydrogen) atoms. The SMILES string of the molecule is CCCCCCCCC=CCCCCCCCC(=O)CC(CC(=O)OC(C)(C)C)C(=O)OC1=CC[C@@]2(O)[C@H]3Cc4ccc(OC(=O)OC(C)(C)C)c5c4[C@@]2(CCN3C)[C@H]1O5. The van der Waals surface area contributed by atoms with Gasteiger partial charge >= 0.3 is 18.1 Å². The Morgan fingerprint density at radius 1 is 0.867 bits per heavy atom. The highest BCUT2D eigenvalue weighted by atomic mass is 16.7. The van der Waals surface area contributed by atoms with Crippen molar-refractivity contribution in [1.29, 1.82) is 0 Å². The second-order valence-electron chi connectivity index (χ2n) is 19.6. The van der Waals surface area contributed by atoms with Gasteiger partial charge in [0.1, 0.15) is 22.7 Å². The summed E-state index contributed by atoms with van der Waals surface area (Å²) in [6, 6.07) is 3.34. The fourth-order valence-corrected chi connectivity index (χ4v) is 9.66. The van der Waals surface area contributed by atoms with Gasteiger partial charge in [0.2, 0.25) is 0 Å². The number of esters is 2. The van der Waals surface area contributed by atoms with E-state index in [1.54, 1.807) is 53.7 Å². The van der Waals surface area contributed by atoms with E-state index in [0.717, 1.165) is 49.7 Å². The largest absolute Gasteiger partial charge is 0.514 e. The monoisotopic (exact) mass is 836 g/mol. The van der Waals surface area contributed by atoms with Crippen molar-refractivity contribution in [2.45, 2.75) is 205 Å². The maximum absolute atomic E-state index is 14.2. The number of rotatable bonds is 22. The lowest BCUT2D eigenvalue weighted by Gasteiger charge is -2.61. The summed E-state index contributed by atoms with van der Waals surface area (Å²) in [6.45, 7) is 13.4. The standard InChI is InChI=1S/C49H73NO10/c1-9-10-11-12-13-14-15-16-17-18-19-20-21-22-23-24-36(51)31-35(33-40(52)59-46(2,3)4)44(53)56-38-27-28-49(55)39-32-34-25-26-37(57-45(54)60-47(5,6)7)42-41(34)48(49,43(38)58-42)29-30-50(39)8/h16-17,25-27,35,39,43,55H,9-15,18-24,28-33H2,1-8H3/t35?,39-,43+,48+,49-/m1/s1. The van der Waals surface area contributed by atoms with Crippen LogP contribution in [0.2, 0.25) is 0 Å². The van der Waals surface area contributed by atoms with Crippen molar-refractivity contribution >= 4 is 23.9 Å². The molecule has 1 N–H and O–H groups in total. The second kappa shape index (κ2) is 20.4. The van der Waals surface area contributed by atoms with Crippen molar-refractivity contribution in [3.05, 3.63) is 47.2 Å². The smallest absolute Gasteiger partial charge is 0.477 e. The zero-order valence-corrected chi connectivity index (χ0v) is 37.8. The molecule has 0 aromatic heterocycles. The van der Waals surface area contributed by atoms with Crippen LogP contribution in [0.3, 0.4) is 0 Å². The molecule has 334 valence electrons. The first-order valence-corrected chi connectivity index (χ1v) is 22.8. The number of unbranched alkanes of at least 4 members (excludes halogenated alkanes) is 11. The van der Waals surface area contributed by atoms with Crippen LogP contribution >= 0.6 is 0 Å². The molecule has 1 aromatic rings. The Morgan fingerprint density at radius 2 is 1.50 bits per heavy atom. The number of ether oxygens (including phenoxy) is 5. The van der Waals surface area contributed by atoms with Crippen molar-refractivity contribution in [2.24, 2.45) is 5.92 Å². The molecule has 4 aliphatic rings. The van der Waals surface area contributed by atoms with Gasteiger partial charge in [0.05, 0.1) is 23.4 Å². The number of likely N-dealkylation sites (tertiary alicyclic amines) is 1. The molecule has 2 bridgehead atoms. The van der Waals surface area contributed by atoms with Gasteiger partial charge in [-0.3, -0.25) is 14.4 Å². The third-order valence-electron chi connectivity index (χ3n) is 12.5. The van der Waals surface area contributed by atoms with E-state index in [-0.39, 0.29) is 42.6 Å². The van der Waals surface area contributed by atoms with Gasteiger partial charge in [0, 0.05) is 30.9 Å². The minimum atomic E-state index is -1.28. The Morgan fingerprint density at radius 3 is 2.15 bits per heavy atom. The minimum absolute atomic E-state index is 0.104. The Hall–Kier alpha value is -3.70.